The monoisotopic (exact) mass is 383 g/mol. The number of hydrogen-bond acceptors (Lipinski definition) is 6. The largest absolute Gasteiger partial charge is 0.450 e. The lowest BCUT2D eigenvalue weighted by Gasteiger charge is -2.11. The van der Waals surface area contributed by atoms with Crippen molar-refractivity contribution in [2.45, 2.75) is 20.4 Å². The number of H-pyrrole nitrogens is 1. The Morgan fingerprint density at radius 1 is 1.26 bits per heavy atom. The second kappa shape index (κ2) is 7.43. The highest BCUT2D eigenvalue weighted by atomic mass is 35.5. The zero-order valence-corrected chi connectivity index (χ0v) is 15.2. The number of hydrogen-bond donors (Lipinski definition) is 1. The Kier molecular flexibility index (Phi) is 5.05. The van der Waals surface area contributed by atoms with Gasteiger partial charge in [-0.3, -0.25) is 14.2 Å². The minimum atomic E-state index is -0.471. The molecule has 3 rings (SSSR count). The van der Waals surface area contributed by atoms with Crippen LogP contribution in [-0.4, -0.2) is 19.5 Å². The third-order valence-corrected chi connectivity index (χ3v) is 3.95. The van der Waals surface area contributed by atoms with Crippen LogP contribution in [0.5, 0.6) is 11.5 Å². The number of benzene rings is 1. The Labute approximate surface area is 158 Å². The van der Waals surface area contributed by atoms with Gasteiger partial charge in [-0.15, -0.1) is 0 Å². The smallest absolute Gasteiger partial charge is 0.296 e. The van der Waals surface area contributed by atoms with Gasteiger partial charge in [0.25, 0.3) is 11.1 Å². The van der Waals surface area contributed by atoms with Gasteiger partial charge in [0.05, 0.1) is 35.8 Å². The van der Waals surface area contributed by atoms with Crippen molar-refractivity contribution >= 4 is 11.6 Å². The Hall–Kier alpha value is -3.44. The van der Waals surface area contributed by atoms with Gasteiger partial charge in [0, 0.05) is 11.2 Å². The zero-order chi connectivity index (χ0) is 19.6. The summed E-state index contributed by atoms with van der Waals surface area (Å²) in [5.74, 6) is 0.713. The summed E-state index contributed by atoms with van der Waals surface area (Å²) in [7, 11) is 0. The average Bonchev–Trinajstić information content (AvgIpc) is 2.62. The lowest BCUT2D eigenvalue weighted by Crippen LogP contribution is -2.26. The molecule has 0 atom stereocenters. The number of ether oxygens (including phenoxy) is 1. The van der Waals surface area contributed by atoms with Crippen molar-refractivity contribution in [3.63, 3.8) is 0 Å². The van der Waals surface area contributed by atoms with Gasteiger partial charge < -0.3 is 9.72 Å². The van der Waals surface area contributed by atoms with E-state index in [0.717, 1.165) is 0 Å². The van der Waals surface area contributed by atoms with Crippen LogP contribution in [0, 0.1) is 25.2 Å². The first kappa shape index (κ1) is 18.4. The third kappa shape index (κ3) is 4.04. The van der Waals surface area contributed by atoms with Gasteiger partial charge in [0.2, 0.25) is 5.75 Å². The molecule has 0 saturated carbocycles. The van der Waals surface area contributed by atoms with Crippen LogP contribution in [0.4, 0.5) is 0 Å². The molecule has 8 nitrogen and oxygen atoms in total. The van der Waals surface area contributed by atoms with Crippen LogP contribution in [0.25, 0.3) is 0 Å². The summed E-state index contributed by atoms with van der Waals surface area (Å²) in [6, 6.07) is 6.42. The Balaban J connectivity index is 1.99. The standard InChI is InChI=1S/C18H14ClN5O3/c1-10-16(27-15-4-12(6-20)3-14(19)5-15)18(26)24(9-22-10)8-13-7-21-11(2)23-17(13)25/h3-5,7,9H,8H2,1-2H3,(H,21,23,25). The minimum Gasteiger partial charge on any atom is -0.450 e. The first-order valence-corrected chi connectivity index (χ1v) is 8.24. The Bertz CT molecular complexity index is 1180. The molecule has 0 aliphatic carbocycles. The van der Waals surface area contributed by atoms with Gasteiger partial charge >= 0.3 is 0 Å². The number of nitriles is 1. The first-order valence-electron chi connectivity index (χ1n) is 7.87. The molecule has 0 radical (unpaired) electrons. The fourth-order valence-corrected chi connectivity index (χ4v) is 2.62. The predicted molar refractivity (Wildman–Crippen MR) is 98.2 cm³/mol. The van der Waals surface area contributed by atoms with Gasteiger partial charge in [0.15, 0.2) is 0 Å². The van der Waals surface area contributed by atoms with Crippen LogP contribution < -0.4 is 15.9 Å². The van der Waals surface area contributed by atoms with E-state index >= 15 is 0 Å². The second-order valence-corrected chi connectivity index (χ2v) is 6.24. The lowest BCUT2D eigenvalue weighted by atomic mass is 10.2. The van der Waals surface area contributed by atoms with Crippen LogP contribution >= 0.6 is 11.6 Å². The van der Waals surface area contributed by atoms with Crippen molar-refractivity contribution in [3.05, 3.63) is 79.1 Å². The van der Waals surface area contributed by atoms with E-state index in [2.05, 4.69) is 15.0 Å². The summed E-state index contributed by atoms with van der Waals surface area (Å²) >= 11 is 5.97. The van der Waals surface area contributed by atoms with E-state index in [0.29, 0.717) is 27.7 Å². The van der Waals surface area contributed by atoms with E-state index in [-0.39, 0.29) is 23.6 Å². The Morgan fingerprint density at radius 2 is 2.04 bits per heavy atom. The fourth-order valence-electron chi connectivity index (χ4n) is 2.39. The maximum atomic E-state index is 12.8. The van der Waals surface area contributed by atoms with Gasteiger partial charge in [-0.05, 0) is 32.0 Å². The highest BCUT2D eigenvalue weighted by molar-refractivity contribution is 6.30. The molecule has 136 valence electrons. The second-order valence-electron chi connectivity index (χ2n) is 5.80. The van der Waals surface area contributed by atoms with E-state index in [1.165, 1.54) is 35.3 Å². The number of aromatic amines is 1. The number of nitrogens with one attached hydrogen (secondary N) is 1. The molecular formula is C18H14ClN5O3. The summed E-state index contributed by atoms with van der Waals surface area (Å²) in [6.45, 7) is 3.28. The molecule has 3 aromatic rings. The topological polar surface area (TPSA) is 114 Å². The molecule has 0 amide bonds. The predicted octanol–water partition coefficient (Wildman–Crippen LogP) is 2.31. The van der Waals surface area contributed by atoms with Crippen LogP contribution in [0.2, 0.25) is 5.02 Å². The number of aromatic nitrogens is 4. The van der Waals surface area contributed by atoms with E-state index in [1.54, 1.807) is 13.8 Å². The average molecular weight is 384 g/mol. The van der Waals surface area contributed by atoms with Gasteiger partial charge in [0.1, 0.15) is 11.6 Å². The van der Waals surface area contributed by atoms with Gasteiger partial charge in [-0.2, -0.15) is 5.26 Å². The maximum absolute atomic E-state index is 12.8. The van der Waals surface area contributed by atoms with Crippen molar-refractivity contribution in [3.8, 4) is 17.6 Å². The van der Waals surface area contributed by atoms with Gasteiger partial charge in [-0.1, -0.05) is 11.6 Å². The van der Waals surface area contributed by atoms with Gasteiger partial charge in [-0.25, -0.2) is 9.97 Å². The molecule has 0 bridgehead atoms. The molecule has 1 aromatic carbocycles. The molecule has 0 saturated heterocycles. The molecule has 0 aliphatic rings. The molecule has 27 heavy (non-hydrogen) atoms. The van der Waals surface area contributed by atoms with E-state index < -0.39 is 5.56 Å². The SMILES string of the molecule is Cc1ncc(Cn2cnc(C)c(Oc3cc(Cl)cc(C#N)c3)c2=O)c(=O)[nH]1. The zero-order valence-electron chi connectivity index (χ0n) is 14.5. The molecule has 0 spiro atoms. The summed E-state index contributed by atoms with van der Waals surface area (Å²) in [4.78, 5) is 35.6. The summed E-state index contributed by atoms with van der Waals surface area (Å²) < 4.78 is 6.91. The molecule has 1 N–H and O–H groups in total. The molecule has 0 fully saturated rings. The van der Waals surface area contributed by atoms with Crippen LogP contribution in [0.1, 0.15) is 22.6 Å². The molecular weight excluding hydrogens is 370 g/mol. The summed E-state index contributed by atoms with van der Waals surface area (Å²) in [5, 5.41) is 9.34. The first-order chi connectivity index (χ1) is 12.9. The highest BCUT2D eigenvalue weighted by Gasteiger charge is 2.14. The Morgan fingerprint density at radius 3 is 2.74 bits per heavy atom. The van der Waals surface area contributed by atoms with E-state index in [9.17, 15) is 9.59 Å². The summed E-state index contributed by atoms with van der Waals surface area (Å²) in [5.41, 5.74) is 0.183. The van der Waals surface area contributed by atoms with E-state index in [4.69, 9.17) is 21.6 Å². The van der Waals surface area contributed by atoms with Crippen LogP contribution in [-0.2, 0) is 6.54 Å². The molecule has 0 aliphatic heterocycles. The third-order valence-electron chi connectivity index (χ3n) is 3.74. The van der Waals surface area contributed by atoms with Crippen molar-refractivity contribution in [1.29, 1.82) is 5.26 Å². The number of rotatable bonds is 4. The highest BCUT2D eigenvalue weighted by Crippen LogP contribution is 2.25. The quantitative estimate of drug-likeness (QED) is 0.739. The molecule has 9 heteroatoms. The maximum Gasteiger partial charge on any atom is 0.296 e. The van der Waals surface area contributed by atoms with Crippen molar-refractivity contribution in [2.24, 2.45) is 0 Å². The molecule has 2 aromatic heterocycles. The number of nitrogens with zero attached hydrogens (tertiary/aromatic N) is 4. The number of halogens is 1. The van der Waals surface area contributed by atoms with Crippen LogP contribution in [0.3, 0.4) is 0 Å². The van der Waals surface area contributed by atoms with Crippen molar-refractivity contribution in [1.82, 2.24) is 19.5 Å². The normalized spacial score (nSPS) is 10.4. The molecule has 2 heterocycles. The number of aryl methyl sites for hydroxylation is 2. The molecule has 0 unspecified atom stereocenters. The van der Waals surface area contributed by atoms with E-state index in [1.807, 2.05) is 6.07 Å². The fraction of sp³-hybridized carbons (Fsp3) is 0.167. The van der Waals surface area contributed by atoms with Crippen molar-refractivity contribution < 1.29 is 4.74 Å². The van der Waals surface area contributed by atoms with Crippen LogP contribution in [0.15, 0.2) is 40.3 Å². The summed E-state index contributed by atoms with van der Waals surface area (Å²) in [6.07, 6.45) is 2.75. The minimum absolute atomic E-state index is 0.00984. The lowest BCUT2D eigenvalue weighted by molar-refractivity contribution is 0.458. The van der Waals surface area contributed by atoms with Crippen molar-refractivity contribution in [2.75, 3.05) is 0 Å².